The number of aryl methyl sites for hydroxylation is 1. The van der Waals surface area contributed by atoms with Gasteiger partial charge in [0.25, 0.3) is 0 Å². The van der Waals surface area contributed by atoms with E-state index in [-0.39, 0.29) is 5.92 Å². The molecule has 0 aromatic carbocycles. The van der Waals surface area contributed by atoms with Gasteiger partial charge in [0.05, 0.1) is 12.5 Å². The third kappa shape index (κ3) is 1.78. The maximum atomic E-state index is 5.41. The molecule has 78 valence electrons. The Morgan fingerprint density at radius 3 is 3.00 bits per heavy atom. The molecule has 0 amide bonds. The summed E-state index contributed by atoms with van der Waals surface area (Å²) in [6.07, 6.45) is 0.989. The van der Waals surface area contributed by atoms with Gasteiger partial charge in [-0.15, -0.1) is 0 Å². The molecule has 1 aliphatic rings. The Hall–Kier alpha value is -0.940. The molecule has 1 fully saturated rings. The maximum absolute atomic E-state index is 5.41. The zero-order valence-electron chi connectivity index (χ0n) is 8.49. The molecule has 1 N–H and O–H groups in total. The Morgan fingerprint density at radius 1 is 1.50 bits per heavy atom. The fourth-order valence-corrected chi connectivity index (χ4v) is 1.79. The molecule has 14 heavy (non-hydrogen) atoms. The topological polar surface area (TPSA) is 60.2 Å². The number of hydrogen-bond acceptors (Lipinski definition) is 5. The molecule has 2 heterocycles. The molecule has 2 unspecified atom stereocenters. The van der Waals surface area contributed by atoms with E-state index in [1.807, 2.05) is 14.0 Å². The molecule has 5 nitrogen and oxygen atoms in total. The zero-order valence-corrected chi connectivity index (χ0v) is 8.49. The zero-order chi connectivity index (χ0) is 9.97. The van der Waals surface area contributed by atoms with E-state index in [0.29, 0.717) is 24.4 Å². The summed E-state index contributed by atoms with van der Waals surface area (Å²) in [6.45, 7) is 3.29. The molecule has 0 spiro atoms. The third-order valence-electron chi connectivity index (χ3n) is 2.59. The van der Waals surface area contributed by atoms with Gasteiger partial charge in [0.15, 0.2) is 5.82 Å². The third-order valence-corrected chi connectivity index (χ3v) is 2.59. The van der Waals surface area contributed by atoms with E-state index in [1.165, 1.54) is 0 Å². The summed E-state index contributed by atoms with van der Waals surface area (Å²) in [7, 11) is 1.95. The highest BCUT2D eigenvalue weighted by Crippen LogP contribution is 2.24. The van der Waals surface area contributed by atoms with Crippen molar-refractivity contribution in [2.45, 2.75) is 25.3 Å². The Morgan fingerprint density at radius 2 is 2.36 bits per heavy atom. The second-order valence-electron chi connectivity index (χ2n) is 3.55. The van der Waals surface area contributed by atoms with Crippen LogP contribution in [0.25, 0.3) is 0 Å². The first-order chi connectivity index (χ1) is 6.81. The molecule has 0 saturated carbocycles. The van der Waals surface area contributed by atoms with Gasteiger partial charge in [-0.3, -0.25) is 0 Å². The highest BCUT2D eigenvalue weighted by atomic mass is 16.5. The van der Waals surface area contributed by atoms with Crippen LogP contribution < -0.4 is 5.32 Å². The van der Waals surface area contributed by atoms with E-state index in [0.717, 1.165) is 13.0 Å². The Kier molecular flexibility index (Phi) is 2.79. The molecule has 2 rings (SSSR count). The molecule has 1 aromatic heterocycles. The van der Waals surface area contributed by atoms with Crippen LogP contribution in [0.3, 0.4) is 0 Å². The van der Waals surface area contributed by atoms with Crippen LogP contribution in [0.15, 0.2) is 4.52 Å². The lowest BCUT2D eigenvalue weighted by atomic mass is 9.96. The van der Waals surface area contributed by atoms with E-state index in [1.54, 1.807) is 0 Å². The van der Waals surface area contributed by atoms with Gasteiger partial charge < -0.3 is 14.6 Å². The Labute approximate surface area is 82.8 Å². The Balaban J connectivity index is 2.14. The van der Waals surface area contributed by atoms with Crippen molar-refractivity contribution in [2.75, 3.05) is 20.3 Å². The van der Waals surface area contributed by atoms with E-state index in [9.17, 15) is 0 Å². The van der Waals surface area contributed by atoms with Crippen LogP contribution in [0, 0.1) is 6.92 Å². The van der Waals surface area contributed by atoms with Crippen molar-refractivity contribution in [3.05, 3.63) is 11.7 Å². The summed E-state index contributed by atoms with van der Waals surface area (Å²) in [4.78, 5) is 4.23. The molecule has 5 heteroatoms. The number of likely N-dealkylation sites (N-methyl/N-ethyl adjacent to an activating group) is 1. The van der Waals surface area contributed by atoms with Gasteiger partial charge >= 0.3 is 0 Å². The first-order valence-corrected chi connectivity index (χ1v) is 4.86. The van der Waals surface area contributed by atoms with Crippen molar-refractivity contribution in [1.82, 2.24) is 15.5 Å². The van der Waals surface area contributed by atoms with Crippen LogP contribution in [0.2, 0.25) is 0 Å². The van der Waals surface area contributed by atoms with Gasteiger partial charge in [0.1, 0.15) is 0 Å². The molecule has 1 aliphatic heterocycles. The van der Waals surface area contributed by atoms with Gasteiger partial charge in [-0.1, -0.05) is 5.16 Å². The molecule has 1 saturated heterocycles. The number of nitrogens with one attached hydrogen (secondary N) is 1. The van der Waals surface area contributed by atoms with E-state index in [4.69, 9.17) is 9.26 Å². The fourth-order valence-electron chi connectivity index (χ4n) is 1.79. The van der Waals surface area contributed by atoms with E-state index < -0.39 is 0 Å². The number of hydrogen-bond donors (Lipinski definition) is 1. The highest BCUT2D eigenvalue weighted by Gasteiger charge is 2.30. The van der Waals surface area contributed by atoms with Crippen LogP contribution in [-0.4, -0.2) is 36.4 Å². The lowest BCUT2D eigenvalue weighted by Crippen LogP contribution is -2.39. The first-order valence-electron chi connectivity index (χ1n) is 4.86. The SMILES string of the molecule is CNC1CCOCC1c1nc(C)no1. The summed E-state index contributed by atoms with van der Waals surface area (Å²) in [5, 5.41) is 7.05. The van der Waals surface area contributed by atoms with Gasteiger partial charge in [0.2, 0.25) is 5.89 Å². The quantitative estimate of drug-likeness (QED) is 0.746. The predicted molar refractivity (Wildman–Crippen MR) is 50.1 cm³/mol. The minimum Gasteiger partial charge on any atom is -0.381 e. The summed E-state index contributed by atoms with van der Waals surface area (Å²) in [6, 6.07) is 0.378. The van der Waals surface area contributed by atoms with Crippen molar-refractivity contribution in [1.29, 1.82) is 0 Å². The summed E-state index contributed by atoms with van der Waals surface area (Å²) < 4.78 is 10.6. The van der Waals surface area contributed by atoms with Crippen LogP contribution >= 0.6 is 0 Å². The van der Waals surface area contributed by atoms with Crippen molar-refractivity contribution in [3.8, 4) is 0 Å². The van der Waals surface area contributed by atoms with Crippen LogP contribution in [0.5, 0.6) is 0 Å². The number of ether oxygens (including phenoxy) is 1. The largest absolute Gasteiger partial charge is 0.381 e. The van der Waals surface area contributed by atoms with Crippen molar-refractivity contribution >= 4 is 0 Å². The average molecular weight is 197 g/mol. The standard InChI is InChI=1S/C9H15N3O2/c1-6-11-9(14-12-6)7-5-13-4-3-8(7)10-2/h7-8,10H,3-5H2,1-2H3. The lowest BCUT2D eigenvalue weighted by Gasteiger charge is -2.28. The minimum atomic E-state index is 0.190. The molecule has 2 atom stereocenters. The van der Waals surface area contributed by atoms with Gasteiger partial charge in [-0.05, 0) is 20.4 Å². The summed E-state index contributed by atoms with van der Waals surface area (Å²) in [5.74, 6) is 1.55. The first kappa shape index (κ1) is 9.61. The second-order valence-corrected chi connectivity index (χ2v) is 3.55. The number of rotatable bonds is 2. The molecule has 0 bridgehead atoms. The molecular weight excluding hydrogens is 182 g/mol. The molecular formula is C9H15N3O2. The minimum absolute atomic E-state index is 0.190. The normalized spacial score (nSPS) is 27.9. The van der Waals surface area contributed by atoms with Gasteiger partial charge in [0, 0.05) is 12.6 Å². The van der Waals surface area contributed by atoms with Crippen LogP contribution in [-0.2, 0) is 4.74 Å². The van der Waals surface area contributed by atoms with E-state index in [2.05, 4.69) is 15.5 Å². The molecule has 0 radical (unpaired) electrons. The molecule has 1 aromatic rings. The van der Waals surface area contributed by atoms with Crippen molar-refractivity contribution < 1.29 is 9.26 Å². The number of nitrogens with zero attached hydrogens (tertiary/aromatic N) is 2. The highest BCUT2D eigenvalue weighted by molar-refractivity contribution is 5.00. The summed E-state index contributed by atoms with van der Waals surface area (Å²) in [5.41, 5.74) is 0. The summed E-state index contributed by atoms with van der Waals surface area (Å²) >= 11 is 0. The van der Waals surface area contributed by atoms with Gasteiger partial charge in [-0.25, -0.2) is 0 Å². The maximum Gasteiger partial charge on any atom is 0.233 e. The monoisotopic (exact) mass is 197 g/mol. The molecule has 0 aliphatic carbocycles. The van der Waals surface area contributed by atoms with Crippen molar-refractivity contribution in [3.63, 3.8) is 0 Å². The van der Waals surface area contributed by atoms with Crippen molar-refractivity contribution in [2.24, 2.45) is 0 Å². The smallest absolute Gasteiger partial charge is 0.233 e. The predicted octanol–water partition coefficient (Wildman–Crippen LogP) is 0.470. The lowest BCUT2D eigenvalue weighted by molar-refractivity contribution is 0.0516. The van der Waals surface area contributed by atoms with Crippen LogP contribution in [0.1, 0.15) is 24.1 Å². The van der Waals surface area contributed by atoms with Gasteiger partial charge in [-0.2, -0.15) is 4.98 Å². The second kappa shape index (κ2) is 4.06. The average Bonchev–Trinajstić information content (AvgIpc) is 2.65. The number of aromatic nitrogens is 2. The van der Waals surface area contributed by atoms with Crippen LogP contribution in [0.4, 0.5) is 0 Å². The Bertz CT molecular complexity index is 300. The fraction of sp³-hybridized carbons (Fsp3) is 0.778. The van der Waals surface area contributed by atoms with E-state index >= 15 is 0 Å².